The van der Waals surface area contributed by atoms with Gasteiger partial charge in [0.05, 0.1) is 23.6 Å². The van der Waals surface area contributed by atoms with Crippen molar-refractivity contribution < 1.29 is 17.7 Å². The Hall–Kier alpha value is -1.94. The Bertz CT molecular complexity index is 896. The van der Waals surface area contributed by atoms with Crippen LogP contribution >= 0.6 is 0 Å². The van der Waals surface area contributed by atoms with Gasteiger partial charge in [0.2, 0.25) is 10.0 Å². The highest BCUT2D eigenvalue weighted by Gasteiger charge is 2.45. The molecule has 0 aliphatic carbocycles. The van der Waals surface area contributed by atoms with Crippen LogP contribution < -0.4 is 15.6 Å². The van der Waals surface area contributed by atoms with E-state index in [9.17, 15) is 8.42 Å². The van der Waals surface area contributed by atoms with E-state index in [2.05, 4.69) is 16.0 Å². The van der Waals surface area contributed by atoms with Gasteiger partial charge in [-0.1, -0.05) is 5.16 Å². The summed E-state index contributed by atoms with van der Waals surface area (Å²) in [5, 5.41) is 3.98. The van der Waals surface area contributed by atoms with Gasteiger partial charge in [-0.05, 0) is 44.0 Å². The summed E-state index contributed by atoms with van der Waals surface area (Å²) in [4.78, 5) is 0.285. The van der Waals surface area contributed by atoms with Crippen LogP contribution in [0, 0.1) is 6.92 Å². The van der Waals surface area contributed by atoms with Crippen molar-refractivity contribution in [3.8, 4) is 5.75 Å². The average Bonchev–Trinajstić information content (AvgIpc) is 3.40. The first kappa shape index (κ1) is 18.4. The fraction of sp³-hybridized carbons (Fsp3) is 0.500. The highest BCUT2D eigenvalue weighted by molar-refractivity contribution is 7.89. The van der Waals surface area contributed by atoms with Crippen LogP contribution in [0.4, 0.5) is 0 Å². The summed E-state index contributed by atoms with van der Waals surface area (Å²) in [6, 6.07) is 8.24. The zero-order valence-corrected chi connectivity index (χ0v) is 16.2. The van der Waals surface area contributed by atoms with E-state index >= 15 is 0 Å². The number of hydrogen-bond donors (Lipinski definition) is 2. The summed E-state index contributed by atoms with van der Waals surface area (Å²) in [7, 11) is -2.03. The number of methoxy groups -OCH3 is 1. The second-order valence-electron chi connectivity index (χ2n) is 7.03. The van der Waals surface area contributed by atoms with Gasteiger partial charge in [-0.15, -0.1) is 0 Å². The molecule has 3 heterocycles. The fourth-order valence-electron chi connectivity index (χ4n) is 4.02. The van der Waals surface area contributed by atoms with E-state index in [1.54, 1.807) is 35.7 Å². The lowest BCUT2D eigenvalue weighted by Gasteiger charge is -2.30. The largest absolute Gasteiger partial charge is 0.497 e. The minimum Gasteiger partial charge on any atom is -0.497 e. The molecule has 0 radical (unpaired) electrons. The van der Waals surface area contributed by atoms with Crippen LogP contribution in [0.3, 0.4) is 0 Å². The molecule has 2 N–H and O–H groups in total. The van der Waals surface area contributed by atoms with Crippen LogP contribution in [-0.2, 0) is 10.0 Å². The van der Waals surface area contributed by atoms with Crippen molar-refractivity contribution in [3.63, 3.8) is 0 Å². The van der Waals surface area contributed by atoms with E-state index in [1.165, 1.54) is 0 Å². The maximum Gasteiger partial charge on any atom is 0.243 e. The lowest BCUT2D eigenvalue weighted by molar-refractivity contribution is 0.278. The van der Waals surface area contributed by atoms with Gasteiger partial charge < -0.3 is 9.26 Å². The van der Waals surface area contributed by atoms with Crippen molar-refractivity contribution in [2.45, 2.75) is 42.7 Å². The zero-order chi connectivity index (χ0) is 19.0. The Kier molecular flexibility index (Phi) is 4.94. The number of sulfonamides is 1. The van der Waals surface area contributed by atoms with E-state index < -0.39 is 10.0 Å². The maximum absolute atomic E-state index is 13.2. The number of aryl methyl sites for hydroxylation is 1. The van der Waals surface area contributed by atoms with Gasteiger partial charge in [-0.3, -0.25) is 10.9 Å². The number of nitrogens with one attached hydrogen (secondary N) is 2. The van der Waals surface area contributed by atoms with E-state index in [0.717, 1.165) is 24.3 Å². The molecule has 2 aromatic rings. The molecule has 0 amide bonds. The minimum atomic E-state index is -3.59. The molecular weight excluding hydrogens is 368 g/mol. The second kappa shape index (κ2) is 7.23. The smallest absolute Gasteiger partial charge is 0.243 e. The van der Waals surface area contributed by atoms with Gasteiger partial charge in [0.25, 0.3) is 0 Å². The van der Waals surface area contributed by atoms with Crippen LogP contribution in [0.25, 0.3) is 0 Å². The molecule has 3 atom stereocenters. The number of hydrogen-bond acceptors (Lipinski definition) is 7. The molecular formula is C18H24N4O4S. The summed E-state index contributed by atoms with van der Waals surface area (Å²) < 4.78 is 38.7. The van der Waals surface area contributed by atoms with Crippen LogP contribution in [-0.4, -0.2) is 50.2 Å². The van der Waals surface area contributed by atoms with E-state index in [0.29, 0.717) is 18.8 Å². The molecule has 2 fully saturated rings. The maximum atomic E-state index is 13.2. The Morgan fingerprint density at radius 3 is 2.74 bits per heavy atom. The van der Waals surface area contributed by atoms with Crippen LogP contribution in [0.5, 0.6) is 5.75 Å². The molecule has 2 aliphatic rings. The predicted octanol–water partition coefficient (Wildman–Crippen LogP) is 1.40. The highest BCUT2D eigenvalue weighted by atomic mass is 32.2. The third-order valence-corrected chi connectivity index (χ3v) is 7.30. The number of nitrogens with zero attached hydrogens (tertiary/aromatic N) is 2. The first-order chi connectivity index (χ1) is 13.0. The lowest BCUT2D eigenvalue weighted by atomic mass is 9.92. The molecule has 27 heavy (non-hydrogen) atoms. The Balaban J connectivity index is 1.61. The van der Waals surface area contributed by atoms with Crippen LogP contribution in [0.2, 0.25) is 0 Å². The van der Waals surface area contributed by atoms with E-state index in [1.807, 2.05) is 13.0 Å². The van der Waals surface area contributed by atoms with Gasteiger partial charge in [0.15, 0.2) is 0 Å². The van der Waals surface area contributed by atoms with Gasteiger partial charge in [-0.2, -0.15) is 4.31 Å². The SMILES string of the molecule is COc1ccc(S(=O)(=O)N2CCCC2C2NNCC2c2cc(C)no2)cc1. The molecule has 0 saturated carbocycles. The average molecular weight is 392 g/mol. The lowest BCUT2D eigenvalue weighted by Crippen LogP contribution is -2.49. The van der Waals surface area contributed by atoms with Crippen molar-refractivity contribution >= 4 is 10.0 Å². The first-order valence-corrected chi connectivity index (χ1v) is 10.5. The zero-order valence-electron chi connectivity index (χ0n) is 15.4. The van der Waals surface area contributed by atoms with Crippen molar-refractivity contribution in [3.05, 3.63) is 41.8 Å². The summed E-state index contributed by atoms with van der Waals surface area (Å²) in [6.45, 7) is 3.07. The molecule has 9 heteroatoms. The number of aromatic nitrogens is 1. The van der Waals surface area contributed by atoms with E-state index in [4.69, 9.17) is 9.26 Å². The number of hydrazine groups is 1. The molecule has 4 rings (SSSR count). The first-order valence-electron chi connectivity index (χ1n) is 9.08. The Morgan fingerprint density at radius 1 is 1.30 bits per heavy atom. The van der Waals surface area contributed by atoms with Gasteiger partial charge >= 0.3 is 0 Å². The molecule has 1 aromatic carbocycles. The normalized spacial score (nSPS) is 26.5. The Morgan fingerprint density at radius 2 is 2.07 bits per heavy atom. The quantitative estimate of drug-likeness (QED) is 0.794. The predicted molar refractivity (Wildman–Crippen MR) is 98.8 cm³/mol. The molecule has 146 valence electrons. The molecule has 3 unspecified atom stereocenters. The van der Waals surface area contributed by atoms with Crippen molar-refractivity contribution in [1.82, 2.24) is 20.3 Å². The molecule has 1 aromatic heterocycles. The van der Waals surface area contributed by atoms with Gasteiger partial charge in [-0.25, -0.2) is 8.42 Å². The molecule has 8 nitrogen and oxygen atoms in total. The molecule has 0 spiro atoms. The minimum absolute atomic E-state index is 0.0304. The summed E-state index contributed by atoms with van der Waals surface area (Å²) in [5.41, 5.74) is 7.25. The third kappa shape index (κ3) is 3.36. The van der Waals surface area contributed by atoms with Gasteiger partial charge in [0.1, 0.15) is 11.5 Å². The summed E-state index contributed by atoms with van der Waals surface area (Å²) in [5.74, 6) is 1.45. The molecule has 2 saturated heterocycles. The number of rotatable bonds is 5. The second-order valence-corrected chi connectivity index (χ2v) is 8.92. The van der Waals surface area contributed by atoms with Crippen LogP contribution in [0.1, 0.15) is 30.2 Å². The standard InChI is InChI=1S/C18H24N4O4S/c1-12-10-17(26-21-12)15-11-19-20-18(15)16-4-3-9-22(16)27(23,24)14-7-5-13(25-2)6-8-14/h5-8,10,15-16,18-20H,3-4,9,11H2,1-2H3. The fourth-order valence-corrected chi connectivity index (χ4v) is 5.73. The van der Waals surface area contributed by atoms with Crippen molar-refractivity contribution in [2.24, 2.45) is 0 Å². The third-order valence-electron chi connectivity index (χ3n) is 5.36. The number of ether oxygens (including phenoxy) is 1. The summed E-state index contributed by atoms with van der Waals surface area (Å²) in [6.07, 6.45) is 1.64. The monoisotopic (exact) mass is 392 g/mol. The van der Waals surface area contributed by atoms with Gasteiger partial charge in [0, 0.05) is 31.2 Å². The molecule has 0 bridgehead atoms. The highest BCUT2D eigenvalue weighted by Crippen LogP contribution is 2.35. The molecule has 2 aliphatic heterocycles. The Labute approximate surface area is 158 Å². The van der Waals surface area contributed by atoms with Crippen molar-refractivity contribution in [1.29, 1.82) is 0 Å². The van der Waals surface area contributed by atoms with E-state index in [-0.39, 0.29) is 22.9 Å². The number of benzene rings is 1. The topological polar surface area (TPSA) is 96.7 Å². The summed E-state index contributed by atoms with van der Waals surface area (Å²) >= 11 is 0. The van der Waals surface area contributed by atoms with Crippen molar-refractivity contribution in [2.75, 3.05) is 20.2 Å². The van der Waals surface area contributed by atoms with Crippen LogP contribution in [0.15, 0.2) is 39.8 Å².